The zero-order chi connectivity index (χ0) is 18.4. The molecule has 2 saturated heterocycles. The molecule has 1 N–H and O–H groups in total. The second-order valence-electron chi connectivity index (χ2n) is 7.83. The summed E-state index contributed by atoms with van der Waals surface area (Å²) in [4.78, 5) is 32.3. The summed E-state index contributed by atoms with van der Waals surface area (Å²) in [5.41, 5.74) is 4.65. The number of aromatic nitrogens is 1. The molecule has 4 rings (SSSR count). The number of nitrogens with zero attached hydrogens (tertiary/aromatic N) is 2. The van der Waals surface area contributed by atoms with Gasteiger partial charge >= 0.3 is 0 Å². The van der Waals surface area contributed by atoms with Crippen LogP contribution in [0.25, 0.3) is 10.9 Å². The molecule has 136 valence electrons. The van der Waals surface area contributed by atoms with Crippen LogP contribution in [0.4, 0.5) is 0 Å². The first kappa shape index (κ1) is 17.0. The van der Waals surface area contributed by atoms with E-state index in [4.69, 9.17) is 0 Å². The van der Waals surface area contributed by atoms with Gasteiger partial charge in [0.15, 0.2) is 0 Å². The lowest BCUT2D eigenvalue weighted by atomic mass is 9.97. The van der Waals surface area contributed by atoms with Gasteiger partial charge in [-0.3, -0.25) is 14.6 Å². The molecule has 2 fully saturated rings. The van der Waals surface area contributed by atoms with E-state index >= 15 is 0 Å². The van der Waals surface area contributed by atoms with Gasteiger partial charge in [-0.05, 0) is 51.3 Å². The largest absolute Gasteiger partial charge is 0.351 e. The van der Waals surface area contributed by atoms with E-state index in [1.165, 1.54) is 0 Å². The third-order valence-electron chi connectivity index (χ3n) is 5.60. The lowest BCUT2D eigenvalue weighted by Gasteiger charge is -2.28. The number of aryl methyl sites for hydroxylation is 3. The number of benzene rings is 1. The molecule has 0 spiro atoms. The number of carbonyl (C=O) groups excluding carboxylic acids is 2. The summed E-state index contributed by atoms with van der Waals surface area (Å²) >= 11 is 0. The van der Waals surface area contributed by atoms with Crippen LogP contribution in [0.15, 0.2) is 18.2 Å². The number of amides is 2. The van der Waals surface area contributed by atoms with Gasteiger partial charge in [-0.2, -0.15) is 0 Å². The SMILES string of the molecule is Cc1cc(C)c2nc(C)cc(C(=O)N3C[C@@H]4CCC[C@@H](C3)C(=O)N4)c2c1. The highest BCUT2D eigenvalue weighted by atomic mass is 16.2. The van der Waals surface area contributed by atoms with Gasteiger partial charge in [-0.15, -0.1) is 0 Å². The zero-order valence-corrected chi connectivity index (χ0v) is 15.6. The number of fused-ring (bicyclic) bond motifs is 4. The Hall–Kier alpha value is -2.43. The quantitative estimate of drug-likeness (QED) is 0.859. The van der Waals surface area contributed by atoms with Gasteiger partial charge in [0.05, 0.1) is 17.0 Å². The van der Waals surface area contributed by atoms with E-state index in [1.54, 1.807) is 0 Å². The number of rotatable bonds is 1. The maximum Gasteiger partial charge on any atom is 0.254 e. The van der Waals surface area contributed by atoms with E-state index in [-0.39, 0.29) is 23.8 Å². The van der Waals surface area contributed by atoms with Crippen molar-refractivity contribution in [1.29, 1.82) is 0 Å². The molecule has 1 aromatic carbocycles. The van der Waals surface area contributed by atoms with E-state index in [0.29, 0.717) is 18.7 Å². The Balaban J connectivity index is 1.78. The third-order valence-corrected chi connectivity index (χ3v) is 5.60. The molecule has 5 nitrogen and oxygen atoms in total. The highest BCUT2D eigenvalue weighted by molar-refractivity contribution is 6.07. The standard InChI is InChI=1S/C21H25N3O2/c1-12-7-13(2)19-17(8-12)18(9-14(3)22-19)21(26)24-10-15-5-4-6-16(11-24)23-20(15)25/h7-9,15-16H,4-6,10-11H2,1-3H3,(H,23,25)/t15-,16-/m0/s1. The Morgan fingerprint density at radius 2 is 1.96 bits per heavy atom. The van der Waals surface area contributed by atoms with Crippen molar-refractivity contribution in [2.75, 3.05) is 13.1 Å². The van der Waals surface area contributed by atoms with Crippen molar-refractivity contribution in [2.24, 2.45) is 5.92 Å². The van der Waals surface area contributed by atoms with Gasteiger partial charge < -0.3 is 10.2 Å². The normalized spacial score (nSPS) is 22.9. The maximum absolute atomic E-state index is 13.4. The molecular weight excluding hydrogens is 326 g/mol. The molecule has 2 atom stereocenters. The van der Waals surface area contributed by atoms with Crippen LogP contribution >= 0.6 is 0 Å². The third kappa shape index (κ3) is 2.96. The van der Waals surface area contributed by atoms with Crippen molar-refractivity contribution in [2.45, 2.75) is 46.1 Å². The van der Waals surface area contributed by atoms with Crippen molar-refractivity contribution in [3.05, 3.63) is 40.6 Å². The fourth-order valence-corrected chi connectivity index (χ4v) is 4.37. The Bertz CT molecular complexity index is 906. The summed E-state index contributed by atoms with van der Waals surface area (Å²) in [5, 5.41) is 4.01. The Labute approximate surface area is 153 Å². The molecule has 1 aromatic heterocycles. The Kier molecular flexibility index (Phi) is 4.17. The van der Waals surface area contributed by atoms with Crippen LogP contribution in [0.3, 0.4) is 0 Å². The Morgan fingerprint density at radius 3 is 2.77 bits per heavy atom. The summed E-state index contributed by atoms with van der Waals surface area (Å²) in [6, 6.07) is 6.10. The fraction of sp³-hybridized carbons (Fsp3) is 0.476. The van der Waals surface area contributed by atoms with Crippen LogP contribution in [0, 0.1) is 26.7 Å². The van der Waals surface area contributed by atoms with E-state index < -0.39 is 0 Å². The molecule has 0 aliphatic carbocycles. The predicted molar refractivity (Wildman–Crippen MR) is 101 cm³/mol. The molecule has 0 unspecified atom stereocenters. The zero-order valence-electron chi connectivity index (χ0n) is 15.6. The number of hydrogen-bond donors (Lipinski definition) is 1. The first-order valence-corrected chi connectivity index (χ1v) is 9.40. The van der Waals surface area contributed by atoms with E-state index in [1.807, 2.05) is 37.8 Å². The maximum atomic E-state index is 13.4. The summed E-state index contributed by atoms with van der Waals surface area (Å²) < 4.78 is 0. The van der Waals surface area contributed by atoms with Gasteiger partial charge in [0.1, 0.15) is 0 Å². The van der Waals surface area contributed by atoms with E-state index in [0.717, 1.165) is 47.0 Å². The fourth-order valence-electron chi connectivity index (χ4n) is 4.37. The topological polar surface area (TPSA) is 62.3 Å². The van der Waals surface area contributed by atoms with Crippen LogP contribution in [0.5, 0.6) is 0 Å². The molecular formula is C21H25N3O2. The van der Waals surface area contributed by atoms with Crippen LogP contribution in [-0.2, 0) is 4.79 Å². The number of hydrogen-bond acceptors (Lipinski definition) is 3. The van der Waals surface area contributed by atoms with Crippen LogP contribution < -0.4 is 5.32 Å². The molecule has 0 radical (unpaired) electrons. The molecule has 0 saturated carbocycles. The van der Waals surface area contributed by atoms with Crippen molar-refractivity contribution < 1.29 is 9.59 Å². The van der Waals surface area contributed by atoms with Gasteiger partial charge in [0.2, 0.25) is 5.91 Å². The molecule has 2 aliphatic rings. The Morgan fingerprint density at radius 1 is 1.15 bits per heavy atom. The summed E-state index contributed by atoms with van der Waals surface area (Å²) in [6.45, 7) is 7.11. The molecule has 2 aromatic rings. The average molecular weight is 351 g/mol. The smallest absolute Gasteiger partial charge is 0.254 e. The number of nitrogens with one attached hydrogen (secondary N) is 1. The van der Waals surface area contributed by atoms with Crippen LogP contribution in [0.2, 0.25) is 0 Å². The second kappa shape index (κ2) is 6.38. The van der Waals surface area contributed by atoms with Crippen molar-refractivity contribution >= 4 is 22.7 Å². The summed E-state index contributed by atoms with van der Waals surface area (Å²) in [5.74, 6) is 0.0216. The van der Waals surface area contributed by atoms with Gasteiger partial charge in [-0.25, -0.2) is 0 Å². The van der Waals surface area contributed by atoms with Crippen molar-refractivity contribution in [1.82, 2.24) is 15.2 Å². The lowest BCUT2D eigenvalue weighted by Crippen LogP contribution is -2.41. The molecule has 3 heterocycles. The molecule has 2 aliphatic heterocycles. The van der Waals surface area contributed by atoms with Crippen molar-refractivity contribution in [3.63, 3.8) is 0 Å². The molecule has 2 amide bonds. The molecule has 2 bridgehead atoms. The molecule has 5 heteroatoms. The minimum Gasteiger partial charge on any atom is -0.351 e. The van der Waals surface area contributed by atoms with E-state index in [2.05, 4.69) is 16.4 Å². The predicted octanol–water partition coefficient (Wildman–Crippen LogP) is 2.90. The minimum absolute atomic E-state index is 0.0129. The summed E-state index contributed by atoms with van der Waals surface area (Å²) in [6.07, 6.45) is 2.85. The average Bonchev–Trinajstić information content (AvgIpc) is 2.83. The van der Waals surface area contributed by atoms with Gasteiger partial charge in [-0.1, -0.05) is 18.1 Å². The number of likely N-dealkylation sites (tertiary alicyclic amines) is 1. The van der Waals surface area contributed by atoms with Gasteiger partial charge in [0.25, 0.3) is 5.91 Å². The monoisotopic (exact) mass is 351 g/mol. The molecule has 26 heavy (non-hydrogen) atoms. The lowest BCUT2D eigenvalue weighted by molar-refractivity contribution is -0.124. The first-order valence-electron chi connectivity index (χ1n) is 9.40. The van der Waals surface area contributed by atoms with Crippen LogP contribution in [0.1, 0.15) is 46.4 Å². The van der Waals surface area contributed by atoms with Gasteiger partial charge in [0, 0.05) is 30.2 Å². The van der Waals surface area contributed by atoms with Crippen molar-refractivity contribution in [3.8, 4) is 0 Å². The second-order valence-corrected chi connectivity index (χ2v) is 7.83. The first-order chi connectivity index (χ1) is 12.4. The summed E-state index contributed by atoms with van der Waals surface area (Å²) in [7, 11) is 0. The van der Waals surface area contributed by atoms with E-state index in [9.17, 15) is 9.59 Å². The van der Waals surface area contributed by atoms with Crippen LogP contribution in [-0.4, -0.2) is 40.8 Å². The highest BCUT2D eigenvalue weighted by Crippen LogP contribution is 2.27. The number of carbonyl (C=O) groups is 2. The number of pyridine rings is 1. The highest BCUT2D eigenvalue weighted by Gasteiger charge is 2.35. The minimum atomic E-state index is -0.0934.